The Morgan fingerprint density at radius 2 is 1.73 bits per heavy atom. The van der Waals surface area contributed by atoms with E-state index in [-0.39, 0.29) is 0 Å². The first-order chi connectivity index (χ1) is 10.6. The molecule has 0 aromatic heterocycles. The Hall–Kier alpha value is -1.63. The second-order valence-electron chi connectivity index (χ2n) is 6.97. The number of benzene rings is 1. The van der Waals surface area contributed by atoms with Gasteiger partial charge in [0.05, 0.1) is 0 Å². The Balaban J connectivity index is 1.99. The summed E-state index contributed by atoms with van der Waals surface area (Å²) in [4.78, 5) is 0. The quantitative estimate of drug-likeness (QED) is 0.660. The van der Waals surface area contributed by atoms with Gasteiger partial charge >= 0.3 is 0 Å². The molecule has 1 nitrogen and oxygen atoms in total. The van der Waals surface area contributed by atoms with Crippen molar-refractivity contribution in [2.45, 2.75) is 52.9 Å². The zero-order valence-corrected chi connectivity index (χ0v) is 14.1. The minimum Gasteiger partial charge on any atom is -0.304 e. The molecule has 1 heteroatoms. The van der Waals surface area contributed by atoms with E-state index in [4.69, 9.17) is 5.41 Å². The lowest BCUT2D eigenvalue weighted by molar-refractivity contribution is 0.438. The van der Waals surface area contributed by atoms with Crippen molar-refractivity contribution in [1.82, 2.24) is 0 Å². The number of hydrogen-bond acceptors (Lipinski definition) is 1. The average Bonchev–Trinajstić information content (AvgIpc) is 2.80. The van der Waals surface area contributed by atoms with Crippen LogP contribution in [0.2, 0.25) is 0 Å². The fraction of sp³-hybridized carbons (Fsp3) is 0.476. The van der Waals surface area contributed by atoms with Crippen molar-refractivity contribution in [3.8, 4) is 0 Å². The lowest BCUT2D eigenvalue weighted by Crippen LogP contribution is -2.19. The molecule has 0 radical (unpaired) electrons. The van der Waals surface area contributed by atoms with Gasteiger partial charge in [0.25, 0.3) is 0 Å². The van der Waals surface area contributed by atoms with Crippen molar-refractivity contribution in [3.05, 3.63) is 52.6 Å². The molecule has 2 aliphatic carbocycles. The highest BCUT2D eigenvalue weighted by Crippen LogP contribution is 2.40. The summed E-state index contributed by atoms with van der Waals surface area (Å²) < 4.78 is 0. The van der Waals surface area contributed by atoms with Crippen molar-refractivity contribution < 1.29 is 0 Å². The van der Waals surface area contributed by atoms with Gasteiger partial charge in [0.1, 0.15) is 0 Å². The summed E-state index contributed by atoms with van der Waals surface area (Å²) in [6.45, 7) is 6.70. The van der Waals surface area contributed by atoms with Crippen molar-refractivity contribution in [2.75, 3.05) is 0 Å². The van der Waals surface area contributed by atoms with E-state index < -0.39 is 0 Å². The highest BCUT2D eigenvalue weighted by Gasteiger charge is 2.25. The third-order valence-corrected chi connectivity index (χ3v) is 5.47. The molecule has 116 valence electrons. The van der Waals surface area contributed by atoms with Crippen LogP contribution in [0.15, 0.2) is 41.5 Å². The van der Waals surface area contributed by atoms with Crippen LogP contribution in [0, 0.1) is 17.2 Å². The van der Waals surface area contributed by atoms with Crippen molar-refractivity contribution in [1.29, 1.82) is 5.41 Å². The molecule has 3 rings (SSSR count). The Kier molecular flexibility index (Phi) is 4.33. The van der Waals surface area contributed by atoms with Crippen LogP contribution in [0.5, 0.6) is 0 Å². The fourth-order valence-electron chi connectivity index (χ4n) is 4.15. The Morgan fingerprint density at radius 3 is 2.36 bits per heavy atom. The van der Waals surface area contributed by atoms with Gasteiger partial charge in [-0.25, -0.2) is 0 Å². The van der Waals surface area contributed by atoms with Gasteiger partial charge in [-0.05, 0) is 43.4 Å². The van der Waals surface area contributed by atoms with Gasteiger partial charge in [-0.1, -0.05) is 62.1 Å². The van der Waals surface area contributed by atoms with Crippen molar-refractivity contribution >= 4 is 11.3 Å². The highest BCUT2D eigenvalue weighted by molar-refractivity contribution is 6.04. The highest BCUT2D eigenvalue weighted by atomic mass is 14.5. The second-order valence-corrected chi connectivity index (χ2v) is 6.97. The van der Waals surface area contributed by atoms with Crippen LogP contribution in [0.4, 0.5) is 0 Å². The van der Waals surface area contributed by atoms with Crippen LogP contribution >= 0.6 is 0 Å². The maximum atomic E-state index is 8.77. The molecule has 1 N–H and O–H groups in total. The van der Waals surface area contributed by atoms with E-state index in [1.54, 1.807) is 0 Å². The van der Waals surface area contributed by atoms with E-state index in [0.29, 0.717) is 11.8 Å². The molecule has 0 bridgehead atoms. The van der Waals surface area contributed by atoms with Crippen molar-refractivity contribution in [2.24, 2.45) is 11.8 Å². The van der Waals surface area contributed by atoms with Crippen LogP contribution in [0.3, 0.4) is 0 Å². The Morgan fingerprint density at radius 1 is 1.05 bits per heavy atom. The van der Waals surface area contributed by atoms with Gasteiger partial charge in [-0.2, -0.15) is 0 Å². The monoisotopic (exact) mass is 293 g/mol. The first kappa shape index (κ1) is 15.3. The predicted molar refractivity (Wildman–Crippen MR) is 95.4 cm³/mol. The first-order valence-corrected chi connectivity index (χ1v) is 8.67. The number of nitrogens with one attached hydrogen (secondary N) is 1. The smallest absolute Gasteiger partial charge is 0.0423 e. The molecule has 1 fully saturated rings. The van der Waals surface area contributed by atoms with Gasteiger partial charge < -0.3 is 5.41 Å². The zero-order valence-electron chi connectivity index (χ0n) is 14.1. The van der Waals surface area contributed by atoms with Gasteiger partial charge in [-0.3, -0.25) is 0 Å². The lowest BCUT2D eigenvalue weighted by atomic mass is 9.80. The van der Waals surface area contributed by atoms with E-state index in [9.17, 15) is 0 Å². The molecular weight excluding hydrogens is 266 g/mol. The molecule has 0 spiro atoms. The third-order valence-electron chi connectivity index (χ3n) is 5.47. The molecule has 2 aliphatic rings. The third kappa shape index (κ3) is 2.69. The lowest BCUT2D eigenvalue weighted by Gasteiger charge is -2.25. The summed E-state index contributed by atoms with van der Waals surface area (Å²) in [6, 6.07) is 8.58. The summed E-state index contributed by atoms with van der Waals surface area (Å²) in [7, 11) is 0. The molecule has 1 atom stereocenters. The summed E-state index contributed by atoms with van der Waals surface area (Å²) in [5.41, 5.74) is 7.54. The fourth-order valence-corrected chi connectivity index (χ4v) is 4.15. The molecule has 1 aromatic rings. The molecule has 0 heterocycles. The van der Waals surface area contributed by atoms with E-state index in [2.05, 4.69) is 51.1 Å². The van der Waals surface area contributed by atoms with Crippen LogP contribution < -0.4 is 0 Å². The van der Waals surface area contributed by atoms with Gasteiger partial charge in [0.2, 0.25) is 0 Å². The van der Waals surface area contributed by atoms with Crippen molar-refractivity contribution in [3.63, 3.8) is 0 Å². The zero-order chi connectivity index (χ0) is 15.7. The largest absolute Gasteiger partial charge is 0.304 e. The average molecular weight is 293 g/mol. The Bertz CT molecular complexity index is 642. The first-order valence-electron chi connectivity index (χ1n) is 8.67. The number of allylic oxidation sites excluding steroid dienone is 4. The number of rotatable bonds is 3. The molecule has 1 saturated carbocycles. The molecule has 0 saturated heterocycles. The number of hydrogen-bond donors (Lipinski definition) is 1. The van der Waals surface area contributed by atoms with Crippen LogP contribution in [-0.4, -0.2) is 5.71 Å². The second kappa shape index (κ2) is 6.24. The maximum Gasteiger partial charge on any atom is 0.0423 e. The topological polar surface area (TPSA) is 23.9 Å². The summed E-state index contributed by atoms with van der Waals surface area (Å²) >= 11 is 0. The van der Waals surface area contributed by atoms with Gasteiger partial charge in [0, 0.05) is 23.1 Å². The van der Waals surface area contributed by atoms with Crippen LogP contribution in [0.25, 0.3) is 5.57 Å². The van der Waals surface area contributed by atoms with E-state index >= 15 is 0 Å². The van der Waals surface area contributed by atoms with Crippen LogP contribution in [-0.2, 0) is 0 Å². The molecule has 22 heavy (non-hydrogen) atoms. The summed E-state index contributed by atoms with van der Waals surface area (Å²) in [6.07, 6.45) is 8.65. The molecule has 1 aromatic carbocycles. The minimum absolute atomic E-state index is 0.459. The summed E-state index contributed by atoms with van der Waals surface area (Å²) in [5, 5.41) is 8.77. The van der Waals surface area contributed by atoms with E-state index in [1.807, 2.05) is 0 Å². The van der Waals surface area contributed by atoms with E-state index in [0.717, 1.165) is 5.71 Å². The summed E-state index contributed by atoms with van der Waals surface area (Å²) in [5.74, 6) is 0.918. The predicted octanol–water partition coefficient (Wildman–Crippen LogP) is 6.00. The minimum atomic E-state index is 0.459. The normalized spacial score (nSPS) is 22.9. The molecule has 0 amide bonds. The SMILES string of the molecule is CC1=CC(C)C(c2ccccc2C(=N)C2CCCCC2)=C1C. The van der Waals surface area contributed by atoms with Crippen LogP contribution in [0.1, 0.15) is 64.0 Å². The Labute approximate surface area is 134 Å². The van der Waals surface area contributed by atoms with Gasteiger partial charge in [0.15, 0.2) is 0 Å². The van der Waals surface area contributed by atoms with Gasteiger partial charge in [-0.15, -0.1) is 0 Å². The molecular formula is C21H27N. The molecule has 1 unspecified atom stereocenters. The standard InChI is InChI=1S/C21H27N/c1-14-13-15(2)20(16(14)3)18-11-7-8-12-19(18)21(22)17-9-5-4-6-10-17/h7-8,11-13,15,17,22H,4-6,9-10H2,1-3H3. The maximum absolute atomic E-state index is 8.77. The van der Waals surface area contributed by atoms with E-state index in [1.165, 1.54) is 60.0 Å². The molecule has 0 aliphatic heterocycles.